The summed E-state index contributed by atoms with van der Waals surface area (Å²) in [6.07, 6.45) is 1.40. The molecule has 0 fully saturated rings. The van der Waals surface area contributed by atoms with Crippen LogP contribution >= 0.6 is 0 Å². The van der Waals surface area contributed by atoms with Crippen molar-refractivity contribution in [1.82, 2.24) is 15.8 Å². The summed E-state index contributed by atoms with van der Waals surface area (Å²) in [7, 11) is 1.11. The molecule has 2 amide bonds. The predicted molar refractivity (Wildman–Crippen MR) is 83.6 cm³/mol. The van der Waals surface area contributed by atoms with Crippen molar-refractivity contribution >= 4 is 23.5 Å². The monoisotopic (exact) mass is 344 g/mol. The van der Waals surface area contributed by atoms with Gasteiger partial charge in [-0.3, -0.25) is 35.5 Å². The molecule has 0 spiro atoms. The number of amides is 2. The van der Waals surface area contributed by atoms with Crippen molar-refractivity contribution in [2.45, 2.75) is 0 Å². The highest BCUT2D eigenvalue weighted by Crippen LogP contribution is 2.18. The summed E-state index contributed by atoms with van der Waals surface area (Å²) in [6.45, 7) is 0. The van der Waals surface area contributed by atoms with E-state index in [9.17, 15) is 24.5 Å². The fourth-order valence-electron chi connectivity index (χ4n) is 1.83. The molecule has 0 saturated carbocycles. The number of nitrogens with one attached hydrogen (secondary N) is 2. The molecular weight excluding hydrogens is 332 g/mol. The molecule has 1 heterocycles. The Morgan fingerprint density at radius 1 is 1.08 bits per heavy atom. The largest absolute Gasteiger partial charge is 0.465 e. The van der Waals surface area contributed by atoms with E-state index in [2.05, 4.69) is 20.6 Å². The van der Waals surface area contributed by atoms with Crippen LogP contribution in [0.2, 0.25) is 0 Å². The van der Waals surface area contributed by atoms with E-state index >= 15 is 0 Å². The van der Waals surface area contributed by atoms with Crippen LogP contribution in [0.3, 0.4) is 0 Å². The number of rotatable bonds is 4. The van der Waals surface area contributed by atoms with Gasteiger partial charge >= 0.3 is 5.97 Å². The predicted octanol–water partition coefficient (Wildman–Crippen LogP) is 0.851. The maximum atomic E-state index is 12.1. The molecule has 0 atom stereocenters. The smallest absolute Gasteiger partial charge is 0.338 e. The van der Waals surface area contributed by atoms with Gasteiger partial charge in [0.05, 0.1) is 17.6 Å². The third kappa shape index (κ3) is 4.34. The lowest BCUT2D eigenvalue weighted by Gasteiger charge is -2.08. The number of carbonyl (C=O) groups is 3. The average Bonchev–Trinajstić information content (AvgIpc) is 2.65. The Kier molecular flexibility index (Phi) is 5.36. The van der Waals surface area contributed by atoms with Crippen LogP contribution in [-0.4, -0.2) is 34.8 Å². The van der Waals surface area contributed by atoms with E-state index < -0.39 is 28.4 Å². The Morgan fingerprint density at radius 2 is 1.76 bits per heavy atom. The molecule has 0 unspecified atom stereocenters. The SMILES string of the molecule is COC(=O)c1cc(C(=O)NNC(=O)c2ccccn2)cc([N+](=O)[O-])c1. The Morgan fingerprint density at radius 3 is 2.36 bits per heavy atom. The fraction of sp³-hybridized carbons (Fsp3) is 0.0667. The molecule has 0 aliphatic heterocycles. The first-order valence-corrected chi connectivity index (χ1v) is 6.82. The number of esters is 1. The second-order valence-electron chi connectivity index (χ2n) is 4.64. The first kappa shape index (κ1) is 17.5. The molecule has 128 valence electrons. The first-order valence-electron chi connectivity index (χ1n) is 6.82. The van der Waals surface area contributed by atoms with E-state index in [4.69, 9.17) is 0 Å². The number of non-ortho nitro benzene ring substituents is 1. The Bertz CT molecular complexity index is 837. The maximum Gasteiger partial charge on any atom is 0.338 e. The van der Waals surface area contributed by atoms with Gasteiger partial charge in [-0.25, -0.2) is 4.79 Å². The Hall–Kier alpha value is -3.82. The van der Waals surface area contributed by atoms with E-state index in [1.807, 2.05) is 0 Å². The summed E-state index contributed by atoms with van der Waals surface area (Å²) in [5.41, 5.74) is 3.45. The van der Waals surface area contributed by atoms with Crippen LogP contribution in [0.1, 0.15) is 31.2 Å². The third-order valence-corrected chi connectivity index (χ3v) is 3.00. The number of nitro benzene ring substituents is 1. The molecule has 0 bridgehead atoms. The topological polar surface area (TPSA) is 141 Å². The van der Waals surface area contributed by atoms with Crippen LogP contribution in [0.15, 0.2) is 42.6 Å². The first-order chi connectivity index (χ1) is 11.9. The van der Waals surface area contributed by atoms with E-state index in [0.29, 0.717) is 0 Å². The van der Waals surface area contributed by atoms with Crippen molar-refractivity contribution in [2.24, 2.45) is 0 Å². The van der Waals surface area contributed by atoms with Gasteiger partial charge in [0.15, 0.2) is 0 Å². The lowest BCUT2D eigenvalue weighted by Crippen LogP contribution is -2.42. The third-order valence-electron chi connectivity index (χ3n) is 3.00. The highest BCUT2D eigenvalue weighted by molar-refractivity contribution is 6.00. The van der Waals surface area contributed by atoms with Gasteiger partial charge in [0.1, 0.15) is 5.69 Å². The molecular formula is C15H12N4O6. The van der Waals surface area contributed by atoms with Crippen LogP contribution < -0.4 is 10.9 Å². The van der Waals surface area contributed by atoms with Gasteiger partial charge in [-0.15, -0.1) is 0 Å². The summed E-state index contributed by atoms with van der Waals surface area (Å²) in [4.78, 5) is 49.4. The van der Waals surface area contributed by atoms with Crippen molar-refractivity contribution in [3.05, 3.63) is 69.5 Å². The zero-order valence-electron chi connectivity index (χ0n) is 12.9. The molecule has 2 rings (SSSR count). The van der Waals surface area contributed by atoms with Crippen molar-refractivity contribution in [1.29, 1.82) is 0 Å². The normalized spacial score (nSPS) is 9.80. The standard InChI is InChI=1S/C15H12N4O6/c1-25-15(22)10-6-9(7-11(8-10)19(23)24)13(20)17-18-14(21)12-4-2-3-5-16-12/h2-8H,1H3,(H,17,20)(H,18,21). The van der Waals surface area contributed by atoms with E-state index in [1.54, 1.807) is 12.1 Å². The average molecular weight is 344 g/mol. The molecule has 2 aromatic rings. The van der Waals surface area contributed by atoms with Crippen LogP contribution in [-0.2, 0) is 4.74 Å². The minimum absolute atomic E-state index is 0.0668. The van der Waals surface area contributed by atoms with Gasteiger partial charge in [0, 0.05) is 23.9 Å². The number of carbonyl (C=O) groups excluding carboxylic acids is 3. The van der Waals surface area contributed by atoms with Gasteiger partial charge < -0.3 is 4.74 Å². The molecule has 1 aromatic carbocycles. The number of hydrogen-bond acceptors (Lipinski definition) is 7. The molecule has 10 heteroatoms. The Balaban J connectivity index is 2.18. The molecule has 0 saturated heterocycles. The molecule has 0 aliphatic rings. The number of nitro groups is 1. The highest BCUT2D eigenvalue weighted by Gasteiger charge is 2.19. The summed E-state index contributed by atoms with van der Waals surface area (Å²) < 4.78 is 4.49. The highest BCUT2D eigenvalue weighted by atomic mass is 16.6. The Labute approximate surface area is 140 Å². The quantitative estimate of drug-likeness (QED) is 0.476. The number of nitrogens with zero attached hydrogens (tertiary/aromatic N) is 2. The molecule has 2 N–H and O–H groups in total. The summed E-state index contributed by atoms with van der Waals surface area (Å²) in [5, 5.41) is 10.9. The van der Waals surface area contributed by atoms with Crippen LogP contribution in [0.4, 0.5) is 5.69 Å². The molecule has 0 aliphatic carbocycles. The number of methoxy groups -OCH3 is 1. The summed E-state index contributed by atoms with van der Waals surface area (Å²) >= 11 is 0. The van der Waals surface area contributed by atoms with Crippen LogP contribution in [0.25, 0.3) is 0 Å². The van der Waals surface area contributed by atoms with Gasteiger partial charge in [-0.1, -0.05) is 6.07 Å². The number of pyridine rings is 1. The van der Waals surface area contributed by atoms with E-state index in [1.165, 1.54) is 12.3 Å². The van der Waals surface area contributed by atoms with Crippen LogP contribution in [0, 0.1) is 10.1 Å². The molecule has 10 nitrogen and oxygen atoms in total. The van der Waals surface area contributed by atoms with Gasteiger partial charge in [-0.05, 0) is 18.2 Å². The van der Waals surface area contributed by atoms with Gasteiger partial charge in [0.2, 0.25) is 0 Å². The van der Waals surface area contributed by atoms with Gasteiger partial charge in [-0.2, -0.15) is 0 Å². The number of hydrazine groups is 1. The van der Waals surface area contributed by atoms with Crippen molar-refractivity contribution in [3.63, 3.8) is 0 Å². The summed E-state index contributed by atoms with van der Waals surface area (Å²) in [5.74, 6) is -2.36. The number of hydrogen-bond donors (Lipinski definition) is 2. The van der Waals surface area contributed by atoms with Crippen molar-refractivity contribution in [3.8, 4) is 0 Å². The van der Waals surface area contributed by atoms with E-state index in [0.717, 1.165) is 25.3 Å². The molecule has 0 radical (unpaired) electrons. The number of aromatic nitrogens is 1. The van der Waals surface area contributed by atoms with Crippen molar-refractivity contribution < 1.29 is 24.0 Å². The minimum atomic E-state index is -0.849. The van der Waals surface area contributed by atoms with E-state index in [-0.39, 0.29) is 16.8 Å². The number of ether oxygens (including phenoxy) is 1. The lowest BCUT2D eigenvalue weighted by atomic mass is 10.1. The molecule has 25 heavy (non-hydrogen) atoms. The zero-order valence-corrected chi connectivity index (χ0v) is 12.9. The van der Waals surface area contributed by atoms with Gasteiger partial charge in [0.25, 0.3) is 17.5 Å². The second kappa shape index (κ2) is 7.64. The zero-order chi connectivity index (χ0) is 18.4. The van der Waals surface area contributed by atoms with Crippen LogP contribution in [0.5, 0.6) is 0 Å². The fourth-order valence-corrected chi connectivity index (χ4v) is 1.83. The maximum absolute atomic E-state index is 12.1. The summed E-state index contributed by atoms with van der Waals surface area (Å²) in [6, 6.07) is 7.70. The minimum Gasteiger partial charge on any atom is -0.465 e. The van der Waals surface area contributed by atoms with Crippen molar-refractivity contribution in [2.75, 3.05) is 7.11 Å². The molecule has 1 aromatic heterocycles. The lowest BCUT2D eigenvalue weighted by molar-refractivity contribution is -0.384. The number of benzene rings is 1. The second-order valence-corrected chi connectivity index (χ2v) is 4.64.